The van der Waals surface area contributed by atoms with Crippen LogP contribution in [0.4, 0.5) is 0 Å². The Kier molecular flexibility index (Phi) is 1.78. The second-order valence-electron chi connectivity index (χ2n) is 2.75. The van der Waals surface area contributed by atoms with Gasteiger partial charge in [-0.15, -0.1) is 6.42 Å². The number of hydrogen-bond donors (Lipinski definition) is 0. The van der Waals surface area contributed by atoms with Gasteiger partial charge in [-0.25, -0.2) is 0 Å². The summed E-state index contributed by atoms with van der Waals surface area (Å²) < 4.78 is 4.89. The van der Waals surface area contributed by atoms with Gasteiger partial charge in [0, 0.05) is 20.0 Å². The normalized spacial score (nSPS) is 21.4. The number of terminal acetylenes is 1. The van der Waals surface area contributed by atoms with Crippen molar-refractivity contribution in [2.24, 2.45) is 5.41 Å². The molecule has 2 heteroatoms. The first-order valence-corrected chi connectivity index (χ1v) is 3.21. The molecule has 0 N–H and O–H groups in total. The van der Waals surface area contributed by atoms with Crippen LogP contribution in [0.5, 0.6) is 0 Å². The predicted molar refractivity (Wildman–Crippen MR) is 37.4 cm³/mol. The molecule has 1 rings (SSSR count). The van der Waals surface area contributed by atoms with E-state index in [4.69, 9.17) is 11.2 Å². The number of carbonyl (C=O) groups excluding carboxylic acids is 1. The smallest absolute Gasteiger partial charge is 0.136 e. The summed E-state index contributed by atoms with van der Waals surface area (Å²) in [6, 6.07) is 0. The molecule has 1 aliphatic rings. The van der Waals surface area contributed by atoms with Gasteiger partial charge in [-0.05, 0) is 0 Å². The van der Waals surface area contributed by atoms with Gasteiger partial charge in [-0.2, -0.15) is 0 Å². The molecule has 0 saturated heterocycles. The lowest BCUT2D eigenvalue weighted by Crippen LogP contribution is -2.39. The number of rotatable bonds is 2. The first kappa shape index (κ1) is 7.30. The largest absolute Gasteiger partial charge is 0.383 e. The van der Waals surface area contributed by atoms with Crippen molar-refractivity contribution in [2.45, 2.75) is 12.8 Å². The molecule has 10 heavy (non-hydrogen) atoms. The summed E-state index contributed by atoms with van der Waals surface area (Å²) in [6.07, 6.45) is 6.23. The Morgan fingerprint density at radius 3 is 2.70 bits per heavy atom. The van der Waals surface area contributed by atoms with Gasteiger partial charge < -0.3 is 4.74 Å². The lowest BCUT2D eigenvalue weighted by molar-refractivity contribution is -0.132. The van der Waals surface area contributed by atoms with E-state index in [0.717, 1.165) is 0 Å². The number of carbonyl (C=O) groups is 1. The minimum absolute atomic E-state index is 0.245. The van der Waals surface area contributed by atoms with E-state index in [9.17, 15) is 4.79 Å². The second-order valence-corrected chi connectivity index (χ2v) is 2.75. The van der Waals surface area contributed by atoms with Crippen LogP contribution in [0, 0.1) is 17.8 Å². The molecule has 0 unspecified atom stereocenters. The third-order valence-electron chi connectivity index (χ3n) is 1.80. The number of ketones is 1. The lowest BCUT2D eigenvalue weighted by atomic mass is 9.69. The maximum atomic E-state index is 10.6. The van der Waals surface area contributed by atoms with Gasteiger partial charge in [0.1, 0.15) is 5.78 Å². The summed E-state index contributed by atoms with van der Waals surface area (Å²) in [5.74, 6) is 2.85. The van der Waals surface area contributed by atoms with Gasteiger partial charge in [-0.3, -0.25) is 4.79 Å². The predicted octanol–water partition coefficient (Wildman–Crippen LogP) is 0.615. The van der Waals surface area contributed by atoms with Gasteiger partial charge in [0.2, 0.25) is 0 Å². The van der Waals surface area contributed by atoms with Crippen LogP contribution in [-0.4, -0.2) is 19.5 Å². The van der Waals surface area contributed by atoms with Crippen LogP contribution >= 0.6 is 0 Å². The van der Waals surface area contributed by atoms with Crippen molar-refractivity contribution in [3.05, 3.63) is 0 Å². The Morgan fingerprint density at radius 2 is 2.40 bits per heavy atom. The van der Waals surface area contributed by atoms with Crippen LogP contribution in [0.1, 0.15) is 12.8 Å². The van der Waals surface area contributed by atoms with Gasteiger partial charge in [0.25, 0.3) is 0 Å². The molecule has 0 radical (unpaired) electrons. The highest BCUT2D eigenvalue weighted by atomic mass is 16.5. The number of Topliss-reactive ketones (excluding diaryl/α,β-unsaturated/α-hetero) is 1. The molecule has 54 valence electrons. The summed E-state index contributed by atoms with van der Waals surface area (Å²) >= 11 is 0. The number of hydrogen-bond acceptors (Lipinski definition) is 2. The van der Waals surface area contributed by atoms with Crippen molar-refractivity contribution < 1.29 is 9.53 Å². The van der Waals surface area contributed by atoms with Crippen LogP contribution in [-0.2, 0) is 9.53 Å². The quantitative estimate of drug-likeness (QED) is 0.523. The van der Waals surface area contributed by atoms with Crippen LogP contribution in [0.3, 0.4) is 0 Å². The molecule has 0 spiro atoms. The van der Waals surface area contributed by atoms with E-state index in [0.29, 0.717) is 19.4 Å². The molecule has 1 saturated carbocycles. The maximum absolute atomic E-state index is 10.6. The van der Waals surface area contributed by atoms with Crippen molar-refractivity contribution in [3.63, 3.8) is 0 Å². The zero-order valence-corrected chi connectivity index (χ0v) is 6.02. The number of ether oxygens (including phenoxy) is 1. The summed E-state index contributed by atoms with van der Waals surface area (Å²) in [4.78, 5) is 10.6. The summed E-state index contributed by atoms with van der Waals surface area (Å²) in [6.45, 7) is 0.509. The molecular weight excluding hydrogens is 128 g/mol. The molecule has 1 aliphatic carbocycles. The van der Waals surface area contributed by atoms with E-state index < -0.39 is 0 Å². The molecule has 0 aliphatic heterocycles. The van der Waals surface area contributed by atoms with Crippen LogP contribution in [0.2, 0.25) is 0 Å². The zero-order chi connectivity index (χ0) is 7.61. The van der Waals surface area contributed by atoms with Crippen LogP contribution < -0.4 is 0 Å². The monoisotopic (exact) mass is 138 g/mol. The molecule has 2 nitrogen and oxygen atoms in total. The topological polar surface area (TPSA) is 26.3 Å². The Morgan fingerprint density at radius 1 is 1.80 bits per heavy atom. The summed E-state index contributed by atoms with van der Waals surface area (Å²) in [5.41, 5.74) is -0.258. The molecule has 0 atom stereocenters. The van der Waals surface area contributed by atoms with Crippen molar-refractivity contribution in [1.29, 1.82) is 0 Å². The van der Waals surface area contributed by atoms with E-state index in [1.54, 1.807) is 7.11 Å². The second kappa shape index (κ2) is 2.43. The Balaban J connectivity index is 2.50. The van der Waals surface area contributed by atoms with Crippen molar-refractivity contribution in [3.8, 4) is 12.3 Å². The first-order chi connectivity index (χ1) is 4.72. The Labute approximate surface area is 60.6 Å². The molecular formula is C8H10O2. The van der Waals surface area contributed by atoms with E-state index >= 15 is 0 Å². The van der Waals surface area contributed by atoms with Crippen LogP contribution in [0.25, 0.3) is 0 Å². The molecule has 0 aromatic rings. The third-order valence-corrected chi connectivity index (χ3v) is 1.80. The fourth-order valence-corrected chi connectivity index (χ4v) is 1.23. The van der Waals surface area contributed by atoms with Gasteiger partial charge in [0.05, 0.1) is 12.0 Å². The SMILES string of the molecule is C#CC1(COC)CC(=O)C1. The summed E-state index contributed by atoms with van der Waals surface area (Å²) in [5, 5.41) is 0. The van der Waals surface area contributed by atoms with Gasteiger partial charge >= 0.3 is 0 Å². The van der Waals surface area contributed by atoms with Crippen molar-refractivity contribution in [2.75, 3.05) is 13.7 Å². The maximum Gasteiger partial charge on any atom is 0.136 e. The molecule has 0 heterocycles. The van der Waals surface area contributed by atoms with E-state index in [1.165, 1.54) is 0 Å². The van der Waals surface area contributed by atoms with E-state index in [2.05, 4.69) is 5.92 Å². The molecule has 0 amide bonds. The first-order valence-electron chi connectivity index (χ1n) is 3.21. The zero-order valence-electron chi connectivity index (χ0n) is 6.02. The highest BCUT2D eigenvalue weighted by Crippen LogP contribution is 2.37. The molecule has 0 bridgehead atoms. The third kappa shape index (κ3) is 1.05. The average Bonchev–Trinajstić information content (AvgIpc) is 1.84. The van der Waals surface area contributed by atoms with Crippen molar-refractivity contribution in [1.82, 2.24) is 0 Å². The fourth-order valence-electron chi connectivity index (χ4n) is 1.23. The van der Waals surface area contributed by atoms with Crippen LogP contribution in [0.15, 0.2) is 0 Å². The molecule has 1 fully saturated rings. The Bertz CT molecular complexity index is 180. The number of methoxy groups -OCH3 is 1. The van der Waals surface area contributed by atoms with Gasteiger partial charge in [-0.1, -0.05) is 5.92 Å². The minimum atomic E-state index is -0.258. The molecule has 0 aromatic carbocycles. The minimum Gasteiger partial charge on any atom is -0.383 e. The molecule has 0 aromatic heterocycles. The van der Waals surface area contributed by atoms with E-state index in [1.807, 2.05) is 0 Å². The average molecular weight is 138 g/mol. The lowest BCUT2D eigenvalue weighted by Gasteiger charge is -2.34. The fraction of sp³-hybridized carbons (Fsp3) is 0.625. The Hall–Kier alpha value is -0.810. The standard InChI is InChI=1S/C8H10O2/c1-3-8(6-10-2)4-7(9)5-8/h1H,4-6H2,2H3. The highest BCUT2D eigenvalue weighted by Gasteiger charge is 2.41. The van der Waals surface area contributed by atoms with Gasteiger partial charge in [0.15, 0.2) is 0 Å². The highest BCUT2D eigenvalue weighted by molar-refractivity contribution is 5.87. The van der Waals surface area contributed by atoms with E-state index in [-0.39, 0.29) is 11.2 Å². The van der Waals surface area contributed by atoms with Crippen molar-refractivity contribution >= 4 is 5.78 Å². The summed E-state index contributed by atoms with van der Waals surface area (Å²) in [7, 11) is 1.60.